The maximum Gasteiger partial charge on any atom is 0.123 e. The number of methoxy groups -OCH3 is 1. The van der Waals surface area contributed by atoms with Crippen molar-refractivity contribution in [1.82, 2.24) is 0 Å². The van der Waals surface area contributed by atoms with E-state index in [1.807, 2.05) is 6.07 Å². The number of halogens is 1. The third-order valence-corrected chi connectivity index (χ3v) is 3.48. The molecule has 18 heavy (non-hydrogen) atoms. The molecule has 0 fully saturated rings. The van der Waals surface area contributed by atoms with Crippen LogP contribution < -0.4 is 10.1 Å². The van der Waals surface area contributed by atoms with Gasteiger partial charge in [0.2, 0.25) is 0 Å². The molecule has 0 unspecified atom stereocenters. The van der Waals surface area contributed by atoms with Crippen LogP contribution in [-0.2, 0) is 6.54 Å². The Morgan fingerprint density at radius 3 is 2.50 bits per heavy atom. The second-order valence-electron chi connectivity index (χ2n) is 4.18. The zero-order chi connectivity index (χ0) is 13.0. The SMILES string of the molecule is COc1ccc(C)cc1CNc1ccc(I)cc1. The van der Waals surface area contributed by atoms with E-state index in [1.165, 1.54) is 14.7 Å². The summed E-state index contributed by atoms with van der Waals surface area (Å²) in [5.74, 6) is 0.929. The minimum atomic E-state index is 0.769. The lowest BCUT2D eigenvalue weighted by Gasteiger charge is -2.11. The van der Waals surface area contributed by atoms with Crippen LogP contribution in [0.15, 0.2) is 42.5 Å². The van der Waals surface area contributed by atoms with E-state index in [2.05, 4.69) is 71.2 Å². The molecule has 2 rings (SSSR count). The normalized spacial score (nSPS) is 10.2. The second kappa shape index (κ2) is 6.09. The Balaban J connectivity index is 2.09. The van der Waals surface area contributed by atoms with Gasteiger partial charge in [0, 0.05) is 21.4 Å². The van der Waals surface area contributed by atoms with Crippen molar-refractivity contribution >= 4 is 28.3 Å². The van der Waals surface area contributed by atoms with E-state index >= 15 is 0 Å². The molecule has 0 aliphatic carbocycles. The van der Waals surface area contributed by atoms with E-state index in [-0.39, 0.29) is 0 Å². The molecule has 0 atom stereocenters. The predicted molar refractivity (Wildman–Crippen MR) is 84.2 cm³/mol. The topological polar surface area (TPSA) is 21.3 Å². The minimum Gasteiger partial charge on any atom is -0.496 e. The van der Waals surface area contributed by atoms with Gasteiger partial charge < -0.3 is 10.1 Å². The highest BCUT2D eigenvalue weighted by Gasteiger charge is 2.02. The predicted octanol–water partition coefficient (Wildman–Crippen LogP) is 4.22. The van der Waals surface area contributed by atoms with E-state index in [1.54, 1.807) is 7.11 Å². The number of ether oxygens (including phenoxy) is 1. The van der Waals surface area contributed by atoms with Gasteiger partial charge in [-0.25, -0.2) is 0 Å². The van der Waals surface area contributed by atoms with Crippen LogP contribution in [0.5, 0.6) is 5.75 Å². The van der Waals surface area contributed by atoms with E-state index in [9.17, 15) is 0 Å². The van der Waals surface area contributed by atoms with Gasteiger partial charge in [-0.1, -0.05) is 17.7 Å². The molecule has 2 aromatic rings. The molecule has 0 aliphatic heterocycles. The van der Waals surface area contributed by atoms with Crippen molar-refractivity contribution in [2.75, 3.05) is 12.4 Å². The fraction of sp³-hybridized carbons (Fsp3) is 0.200. The summed E-state index contributed by atoms with van der Waals surface area (Å²) >= 11 is 2.30. The molecular formula is C15H16INO. The molecule has 0 aliphatic rings. The Morgan fingerprint density at radius 2 is 1.83 bits per heavy atom. The fourth-order valence-corrected chi connectivity index (χ4v) is 2.17. The zero-order valence-corrected chi connectivity index (χ0v) is 12.7. The van der Waals surface area contributed by atoms with E-state index in [0.717, 1.165) is 18.0 Å². The van der Waals surface area contributed by atoms with Gasteiger partial charge in [-0.2, -0.15) is 0 Å². The van der Waals surface area contributed by atoms with Crippen LogP contribution in [0.1, 0.15) is 11.1 Å². The molecule has 0 saturated carbocycles. The van der Waals surface area contributed by atoms with Gasteiger partial charge in [-0.3, -0.25) is 0 Å². The summed E-state index contributed by atoms with van der Waals surface area (Å²) in [5.41, 5.74) is 3.55. The number of nitrogens with one attached hydrogen (secondary N) is 1. The molecule has 0 heterocycles. The maximum atomic E-state index is 5.37. The zero-order valence-electron chi connectivity index (χ0n) is 10.5. The quantitative estimate of drug-likeness (QED) is 0.831. The smallest absolute Gasteiger partial charge is 0.123 e. The van der Waals surface area contributed by atoms with Gasteiger partial charge in [0.05, 0.1) is 7.11 Å². The molecule has 2 nitrogen and oxygen atoms in total. The van der Waals surface area contributed by atoms with Crippen molar-refractivity contribution in [2.24, 2.45) is 0 Å². The van der Waals surface area contributed by atoms with Gasteiger partial charge in [0.25, 0.3) is 0 Å². The van der Waals surface area contributed by atoms with Gasteiger partial charge >= 0.3 is 0 Å². The first kappa shape index (κ1) is 13.2. The van der Waals surface area contributed by atoms with E-state index in [0.29, 0.717) is 0 Å². The van der Waals surface area contributed by atoms with Gasteiger partial charge in [0.15, 0.2) is 0 Å². The van der Waals surface area contributed by atoms with Crippen molar-refractivity contribution in [1.29, 1.82) is 0 Å². The molecule has 1 N–H and O–H groups in total. The third-order valence-electron chi connectivity index (χ3n) is 2.76. The molecule has 3 heteroatoms. The van der Waals surface area contributed by atoms with Crippen LogP contribution in [-0.4, -0.2) is 7.11 Å². The maximum absolute atomic E-state index is 5.37. The molecule has 0 aromatic heterocycles. The number of hydrogen-bond donors (Lipinski definition) is 1. The highest BCUT2D eigenvalue weighted by atomic mass is 127. The van der Waals surface area contributed by atoms with Crippen LogP contribution in [0.4, 0.5) is 5.69 Å². The van der Waals surface area contributed by atoms with Gasteiger partial charge in [0.1, 0.15) is 5.75 Å². The van der Waals surface area contributed by atoms with Crippen molar-refractivity contribution in [3.05, 3.63) is 57.2 Å². The van der Waals surface area contributed by atoms with Crippen molar-refractivity contribution < 1.29 is 4.74 Å². The first-order valence-corrected chi connectivity index (χ1v) is 6.90. The summed E-state index contributed by atoms with van der Waals surface area (Å²) in [6.45, 7) is 2.86. The number of aryl methyl sites for hydroxylation is 1. The number of benzene rings is 2. The molecule has 0 radical (unpaired) electrons. The summed E-state index contributed by atoms with van der Waals surface area (Å²) in [7, 11) is 1.71. The molecule has 0 saturated heterocycles. The second-order valence-corrected chi connectivity index (χ2v) is 5.42. The Morgan fingerprint density at radius 1 is 1.11 bits per heavy atom. The van der Waals surface area contributed by atoms with E-state index < -0.39 is 0 Å². The van der Waals surface area contributed by atoms with Gasteiger partial charge in [-0.05, 0) is 59.8 Å². The van der Waals surface area contributed by atoms with Crippen LogP contribution in [0.3, 0.4) is 0 Å². The van der Waals surface area contributed by atoms with Crippen molar-refractivity contribution in [3.63, 3.8) is 0 Å². The summed E-state index contributed by atoms with van der Waals surface area (Å²) in [4.78, 5) is 0. The van der Waals surface area contributed by atoms with Crippen LogP contribution >= 0.6 is 22.6 Å². The lowest BCUT2D eigenvalue weighted by molar-refractivity contribution is 0.410. The van der Waals surface area contributed by atoms with Gasteiger partial charge in [-0.15, -0.1) is 0 Å². The first-order valence-electron chi connectivity index (χ1n) is 5.82. The molecule has 0 amide bonds. The van der Waals surface area contributed by atoms with Crippen molar-refractivity contribution in [2.45, 2.75) is 13.5 Å². The summed E-state index contributed by atoms with van der Waals surface area (Å²) in [5, 5.41) is 3.41. The third kappa shape index (κ3) is 3.38. The monoisotopic (exact) mass is 353 g/mol. The lowest BCUT2D eigenvalue weighted by Crippen LogP contribution is -2.02. The highest BCUT2D eigenvalue weighted by Crippen LogP contribution is 2.21. The number of anilines is 1. The van der Waals surface area contributed by atoms with Crippen LogP contribution in [0.2, 0.25) is 0 Å². The Bertz CT molecular complexity index is 523. The summed E-state index contributed by atoms with van der Waals surface area (Å²) < 4.78 is 6.61. The van der Waals surface area contributed by atoms with Crippen molar-refractivity contribution in [3.8, 4) is 5.75 Å². The molecule has 0 bridgehead atoms. The Hall–Kier alpha value is -1.23. The van der Waals surface area contributed by atoms with Crippen LogP contribution in [0.25, 0.3) is 0 Å². The summed E-state index contributed by atoms with van der Waals surface area (Å²) in [6, 6.07) is 14.6. The summed E-state index contributed by atoms with van der Waals surface area (Å²) in [6.07, 6.45) is 0. The molecule has 94 valence electrons. The molecule has 2 aromatic carbocycles. The number of rotatable bonds is 4. The number of hydrogen-bond acceptors (Lipinski definition) is 2. The molecule has 0 spiro atoms. The average Bonchev–Trinajstić information content (AvgIpc) is 2.38. The Kier molecular flexibility index (Phi) is 4.47. The largest absolute Gasteiger partial charge is 0.496 e. The first-order chi connectivity index (χ1) is 8.69. The fourth-order valence-electron chi connectivity index (χ4n) is 1.81. The molecular weight excluding hydrogens is 337 g/mol. The minimum absolute atomic E-state index is 0.769. The highest BCUT2D eigenvalue weighted by molar-refractivity contribution is 14.1. The standard InChI is InChI=1S/C15H16INO/c1-11-3-8-15(18-2)12(9-11)10-17-14-6-4-13(16)5-7-14/h3-9,17H,10H2,1-2H3. The average molecular weight is 353 g/mol. The Labute approximate surface area is 122 Å². The van der Waals surface area contributed by atoms with Crippen LogP contribution in [0, 0.1) is 10.5 Å². The van der Waals surface area contributed by atoms with E-state index in [4.69, 9.17) is 4.74 Å². The lowest BCUT2D eigenvalue weighted by atomic mass is 10.1.